The zero-order valence-electron chi connectivity index (χ0n) is 17.2. The fourth-order valence-electron chi connectivity index (χ4n) is 2.96. The van der Waals surface area contributed by atoms with Gasteiger partial charge in [-0.2, -0.15) is 0 Å². The van der Waals surface area contributed by atoms with Gasteiger partial charge >= 0.3 is 0 Å². The van der Waals surface area contributed by atoms with Crippen molar-refractivity contribution < 1.29 is 26.9 Å². The van der Waals surface area contributed by atoms with Gasteiger partial charge in [0, 0.05) is 12.4 Å². The van der Waals surface area contributed by atoms with Crippen molar-refractivity contribution in [2.45, 2.75) is 65.2 Å². The standard InChI is InChI=1S/C19H41NO5S/c1-4-6-7-8-9-12-20(3,13-10-11-19-26(21,22)23)14-16-25-18-17-24-15-5-2/h4-19H2,1-3H3. The van der Waals surface area contributed by atoms with Crippen molar-refractivity contribution >= 4 is 10.1 Å². The van der Waals surface area contributed by atoms with E-state index in [-0.39, 0.29) is 5.75 Å². The number of unbranched alkanes of at least 4 members (excludes halogenated alkanes) is 5. The Morgan fingerprint density at radius 2 is 1.31 bits per heavy atom. The van der Waals surface area contributed by atoms with Crippen LogP contribution in [-0.2, 0) is 19.6 Å². The first-order valence-electron chi connectivity index (χ1n) is 10.3. The van der Waals surface area contributed by atoms with Crippen LogP contribution in [0.1, 0.15) is 65.2 Å². The van der Waals surface area contributed by atoms with E-state index >= 15 is 0 Å². The molecule has 0 aromatic carbocycles. The molecule has 0 saturated heterocycles. The first-order chi connectivity index (χ1) is 12.3. The van der Waals surface area contributed by atoms with E-state index in [1.807, 2.05) is 0 Å². The summed E-state index contributed by atoms with van der Waals surface area (Å²) in [5.74, 6) is -0.255. The molecular formula is C19H41NO5S. The van der Waals surface area contributed by atoms with Gasteiger partial charge in [-0.25, -0.2) is 8.42 Å². The lowest BCUT2D eigenvalue weighted by Gasteiger charge is -2.35. The first-order valence-corrected chi connectivity index (χ1v) is 11.8. The average Bonchev–Trinajstić information content (AvgIpc) is 2.57. The molecule has 1 unspecified atom stereocenters. The van der Waals surface area contributed by atoms with E-state index < -0.39 is 10.1 Å². The molecule has 158 valence electrons. The molecule has 0 aromatic heterocycles. The predicted molar refractivity (Wildman–Crippen MR) is 105 cm³/mol. The van der Waals surface area contributed by atoms with Gasteiger partial charge < -0.3 is 18.5 Å². The van der Waals surface area contributed by atoms with Gasteiger partial charge in [-0.1, -0.05) is 33.1 Å². The maximum Gasteiger partial charge on any atom is 0.102 e. The largest absolute Gasteiger partial charge is 0.748 e. The van der Waals surface area contributed by atoms with Gasteiger partial charge in [-0.3, -0.25) is 0 Å². The van der Waals surface area contributed by atoms with E-state index in [0.29, 0.717) is 26.2 Å². The third-order valence-corrected chi connectivity index (χ3v) is 5.43. The van der Waals surface area contributed by atoms with Crippen LogP contribution in [0.15, 0.2) is 0 Å². The number of nitrogens with zero attached hydrogens (tertiary/aromatic N) is 1. The monoisotopic (exact) mass is 395 g/mol. The molecule has 0 bridgehead atoms. The van der Waals surface area contributed by atoms with Gasteiger partial charge in [-0.15, -0.1) is 0 Å². The summed E-state index contributed by atoms with van der Waals surface area (Å²) in [5.41, 5.74) is 0. The molecule has 0 N–H and O–H groups in total. The lowest BCUT2D eigenvalue weighted by atomic mass is 10.1. The highest BCUT2D eigenvalue weighted by Crippen LogP contribution is 2.11. The second-order valence-electron chi connectivity index (χ2n) is 7.40. The lowest BCUT2D eigenvalue weighted by molar-refractivity contribution is -0.910. The number of quaternary nitrogens is 1. The van der Waals surface area contributed by atoms with E-state index in [4.69, 9.17) is 9.47 Å². The Morgan fingerprint density at radius 3 is 1.88 bits per heavy atom. The van der Waals surface area contributed by atoms with Gasteiger partial charge in [0.1, 0.15) is 6.54 Å². The molecule has 7 heteroatoms. The lowest BCUT2D eigenvalue weighted by Crippen LogP contribution is -2.48. The SMILES string of the molecule is CCCCCCC[N+](C)(CCCCS(=O)(=O)[O-])CCOCCOCCC. The Hall–Kier alpha value is -0.210. The minimum Gasteiger partial charge on any atom is -0.748 e. The second-order valence-corrected chi connectivity index (χ2v) is 8.92. The molecule has 0 aromatic rings. The topological polar surface area (TPSA) is 75.7 Å². The zero-order chi connectivity index (χ0) is 19.7. The molecule has 0 amide bonds. The Balaban J connectivity index is 4.16. The first kappa shape index (κ1) is 25.8. The van der Waals surface area contributed by atoms with Crippen LogP contribution < -0.4 is 0 Å². The highest BCUT2D eigenvalue weighted by atomic mass is 32.2. The Morgan fingerprint density at radius 1 is 0.731 bits per heavy atom. The number of rotatable bonds is 19. The number of ether oxygens (including phenoxy) is 2. The highest BCUT2D eigenvalue weighted by molar-refractivity contribution is 7.85. The molecule has 0 rings (SSSR count). The zero-order valence-corrected chi connectivity index (χ0v) is 18.0. The van der Waals surface area contributed by atoms with Crippen molar-refractivity contribution in [3.8, 4) is 0 Å². The summed E-state index contributed by atoms with van der Waals surface area (Å²) in [6.07, 6.45) is 8.43. The Labute approximate surface area is 161 Å². The van der Waals surface area contributed by atoms with Crippen molar-refractivity contribution in [2.75, 3.05) is 58.9 Å². The number of hydrogen-bond acceptors (Lipinski definition) is 5. The molecule has 1 atom stereocenters. The molecule has 0 heterocycles. The molecule has 0 aliphatic carbocycles. The van der Waals surface area contributed by atoms with Gasteiger partial charge in [0.2, 0.25) is 0 Å². The molecular weight excluding hydrogens is 354 g/mol. The predicted octanol–water partition coefficient (Wildman–Crippen LogP) is 3.17. The number of likely N-dealkylation sites (N-methyl/N-ethyl adjacent to an activating group) is 1. The van der Waals surface area contributed by atoms with Crippen LogP contribution in [0.5, 0.6) is 0 Å². The minimum absolute atomic E-state index is 0.255. The summed E-state index contributed by atoms with van der Waals surface area (Å²) >= 11 is 0. The summed E-state index contributed by atoms with van der Waals surface area (Å²) in [5, 5.41) is 0. The van der Waals surface area contributed by atoms with E-state index in [0.717, 1.165) is 43.6 Å². The van der Waals surface area contributed by atoms with Crippen LogP contribution in [0.25, 0.3) is 0 Å². The fourth-order valence-corrected chi connectivity index (χ4v) is 3.51. The van der Waals surface area contributed by atoms with Crippen molar-refractivity contribution in [1.29, 1.82) is 0 Å². The normalized spacial score (nSPS) is 14.5. The third kappa shape index (κ3) is 17.2. The van der Waals surface area contributed by atoms with Crippen LogP contribution in [0, 0.1) is 0 Å². The summed E-state index contributed by atoms with van der Waals surface area (Å²) in [6.45, 7) is 9.88. The van der Waals surface area contributed by atoms with E-state index in [1.54, 1.807) is 0 Å². The molecule has 0 aliphatic rings. The van der Waals surface area contributed by atoms with E-state index in [1.165, 1.54) is 32.1 Å². The second kappa shape index (κ2) is 15.8. The molecule has 0 radical (unpaired) electrons. The van der Waals surface area contributed by atoms with Crippen LogP contribution >= 0.6 is 0 Å². The maximum atomic E-state index is 10.8. The Bertz CT molecular complexity index is 416. The van der Waals surface area contributed by atoms with E-state index in [2.05, 4.69) is 20.9 Å². The average molecular weight is 396 g/mol. The molecule has 6 nitrogen and oxygen atoms in total. The highest BCUT2D eigenvalue weighted by Gasteiger charge is 2.20. The quantitative estimate of drug-likeness (QED) is 0.191. The summed E-state index contributed by atoms with van der Waals surface area (Å²) < 4.78 is 44.2. The van der Waals surface area contributed by atoms with Crippen molar-refractivity contribution in [2.24, 2.45) is 0 Å². The summed E-state index contributed by atoms with van der Waals surface area (Å²) in [4.78, 5) is 0. The van der Waals surface area contributed by atoms with Gasteiger partial charge in [0.05, 0.1) is 50.1 Å². The summed E-state index contributed by atoms with van der Waals surface area (Å²) in [6, 6.07) is 0. The molecule has 0 aliphatic heterocycles. The van der Waals surface area contributed by atoms with Crippen LogP contribution in [0.2, 0.25) is 0 Å². The summed E-state index contributed by atoms with van der Waals surface area (Å²) in [7, 11) is -1.89. The third-order valence-electron chi connectivity index (χ3n) is 4.64. The fraction of sp³-hybridized carbons (Fsp3) is 1.00. The van der Waals surface area contributed by atoms with Crippen LogP contribution in [0.4, 0.5) is 0 Å². The molecule has 0 spiro atoms. The molecule has 26 heavy (non-hydrogen) atoms. The van der Waals surface area contributed by atoms with Crippen molar-refractivity contribution in [1.82, 2.24) is 0 Å². The van der Waals surface area contributed by atoms with Gasteiger partial charge in [0.15, 0.2) is 0 Å². The van der Waals surface area contributed by atoms with Crippen molar-refractivity contribution in [3.05, 3.63) is 0 Å². The van der Waals surface area contributed by atoms with Gasteiger partial charge in [0.25, 0.3) is 0 Å². The molecule has 0 saturated carbocycles. The van der Waals surface area contributed by atoms with Crippen molar-refractivity contribution in [3.63, 3.8) is 0 Å². The Kier molecular flexibility index (Phi) is 15.7. The van der Waals surface area contributed by atoms with Crippen LogP contribution in [0.3, 0.4) is 0 Å². The number of hydrogen-bond donors (Lipinski definition) is 0. The minimum atomic E-state index is -4.10. The van der Waals surface area contributed by atoms with Gasteiger partial charge in [-0.05, 0) is 32.1 Å². The van der Waals surface area contributed by atoms with E-state index in [9.17, 15) is 13.0 Å². The maximum absolute atomic E-state index is 10.8. The molecule has 0 fully saturated rings. The van der Waals surface area contributed by atoms with Crippen LogP contribution in [-0.4, -0.2) is 76.3 Å². The smallest absolute Gasteiger partial charge is 0.102 e.